The second kappa shape index (κ2) is 9.36. The van der Waals surface area contributed by atoms with Gasteiger partial charge in [0.1, 0.15) is 11.5 Å². The minimum Gasteiger partial charge on any atom is -0.507 e. The van der Waals surface area contributed by atoms with E-state index in [-0.39, 0.29) is 32.0 Å². The highest BCUT2D eigenvalue weighted by atomic mass is 32.2. The number of phenols is 1. The van der Waals surface area contributed by atoms with E-state index in [2.05, 4.69) is 5.10 Å². The number of aromatic hydroxyl groups is 1. The molecule has 0 radical (unpaired) electrons. The molecule has 1 amide bonds. The predicted octanol–water partition coefficient (Wildman–Crippen LogP) is 3.00. The van der Waals surface area contributed by atoms with E-state index < -0.39 is 23.4 Å². The molecule has 0 aliphatic carbocycles. The molecule has 2 aromatic rings. The van der Waals surface area contributed by atoms with Crippen molar-refractivity contribution in [2.75, 3.05) is 6.61 Å². The molecule has 1 aliphatic heterocycles. The molecule has 158 valence electrons. The van der Waals surface area contributed by atoms with Gasteiger partial charge in [0.2, 0.25) is 0 Å². The van der Waals surface area contributed by atoms with E-state index in [0.29, 0.717) is 5.56 Å². The molecule has 2 N–H and O–H groups in total. The zero-order valence-electron chi connectivity index (χ0n) is 15.5. The third-order valence-corrected chi connectivity index (χ3v) is 5.15. The minimum atomic E-state index is -1.14. The third kappa shape index (κ3) is 5.24. The number of ether oxygens (including phenoxy) is 1. The maximum absolute atomic E-state index is 12.7. The van der Waals surface area contributed by atoms with Crippen LogP contribution in [0.5, 0.6) is 11.5 Å². The fourth-order valence-corrected chi connectivity index (χ4v) is 3.61. The number of phenolic OH excluding ortho intramolecular Hbond substituents is 1. The molecule has 0 spiro atoms. The van der Waals surface area contributed by atoms with Crippen LogP contribution in [0, 0.1) is 10.1 Å². The average molecular weight is 459 g/mol. The zero-order valence-corrected chi connectivity index (χ0v) is 17.1. The molecule has 0 unspecified atom stereocenters. The standard InChI is InChI=1S/C19H13N3O7S2/c23-14-6-5-13(22(27)28)7-12(14)9-20-21-18(26)16(31-19(21)30)8-11-3-1-2-4-15(11)29-10-17(24)25/h1-9,23H,10H2,(H,24,25). The summed E-state index contributed by atoms with van der Waals surface area (Å²) in [6.07, 6.45) is 2.59. The van der Waals surface area contributed by atoms with Crippen molar-refractivity contribution in [1.29, 1.82) is 0 Å². The molecule has 0 saturated carbocycles. The summed E-state index contributed by atoms with van der Waals surface area (Å²) < 4.78 is 5.34. The van der Waals surface area contributed by atoms with Crippen molar-refractivity contribution in [2.24, 2.45) is 5.10 Å². The first-order valence-corrected chi connectivity index (χ1v) is 9.71. The number of hydrogen-bond acceptors (Lipinski definition) is 9. The number of non-ortho nitro benzene ring substituents is 1. The van der Waals surface area contributed by atoms with Gasteiger partial charge in [-0.3, -0.25) is 14.9 Å². The normalized spacial score (nSPS) is 15.1. The Morgan fingerprint density at radius 2 is 2.03 bits per heavy atom. The first-order chi connectivity index (χ1) is 14.8. The summed E-state index contributed by atoms with van der Waals surface area (Å²) in [5, 5.41) is 34.4. The van der Waals surface area contributed by atoms with Crippen molar-refractivity contribution >= 4 is 58.2 Å². The van der Waals surface area contributed by atoms with Crippen molar-refractivity contribution in [1.82, 2.24) is 5.01 Å². The lowest BCUT2D eigenvalue weighted by atomic mass is 10.2. The van der Waals surface area contributed by atoms with Crippen LogP contribution in [0.15, 0.2) is 52.5 Å². The molecule has 12 heteroatoms. The Morgan fingerprint density at radius 1 is 1.29 bits per heavy atom. The molecular formula is C19H13N3O7S2. The lowest BCUT2D eigenvalue weighted by molar-refractivity contribution is -0.384. The lowest BCUT2D eigenvalue weighted by Crippen LogP contribution is -2.22. The van der Waals surface area contributed by atoms with Gasteiger partial charge in [-0.15, -0.1) is 0 Å². The molecule has 1 heterocycles. The maximum atomic E-state index is 12.7. The fraction of sp³-hybridized carbons (Fsp3) is 0.0526. The van der Waals surface area contributed by atoms with Crippen LogP contribution in [0.25, 0.3) is 6.08 Å². The predicted molar refractivity (Wildman–Crippen MR) is 117 cm³/mol. The summed E-state index contributed by atoms with van der Waals surface area (Å²) in [6.45, 7) is -0.539. The Bertz CT molecular complexity index is 1150. The molecule has 1 saturated heterocycles. The lowest BCUT2D eigenvalue weighted by Gasteiger charge is -2.08. The van der Waals surface area contributed by atoms with Crippen molar-refractivity contribution in [3.63, 3.8) is 0 Å². The van der Waals surface area contributed by atoms with Crippen LogP contribution in [0.1, 0.15) is 11.1 Å². The van der Waals surface area contributed by atoms with Crippen molar-refractivity contribution < 1.29 is 29.5 Å². The van der Waals surface area contributed by atoms with Gasteiger partial charge in [0.15, 0.2) is 10.9 Å². The van der Waals surface area contributed by atoms with Crippen molar-refractivity contribution in [2.45, 2.75) is 0 Å². The van der Waals surface area contributed by atoms with Crippen molar-refractivity contribution in [3.05, 3.63) is 68.6 Å². The number of carboxylic acid groups (broad SMARTS) is 1. The summed E-state index contributed by atoms with van der Waals surface area (Å²) in [7, 11) is 0. The van der Waals surface area contributed by atoms with Crippen LogP contribution in [0.2, 0.25) is 0 Å². The van der Waals surface area contributed by atoms with E-state index in [1.807, 2.05) is 0 Å². The van der Waals surface area contributed by atoms with Gasteiger partial charge in [-0.1, -0.05) is 30.0 Å². The van der Waals surface area contributed by atoms with E-state index in [1.165, 1.54) is 6.08 Å². The van der Waals surface area contributed by atoms with E-state index in [4.69, 9.17) is 22.1 Å². The summed E-state index contributed by atoms with van der Waals surface area (Å²) >= 11 is 6.15. The number of nitro groups is 1. The number of hydrazone groups is 1. The highest BCUT2D eigenvalue weighted by molar-refractivity contribution is 8.26. The van der Waals surface area contributed by atoms with E-state index >= 15 is 0 Å². The fourth-order valence-electron chi connectivity index (χ4n) is 2.45. The highest BCUT2D eigenvalue weighted by Gasteiger charge is 2.32. The van der Waals surface area contributed by atoms with Crippen LogP contribution >= 0.6 is 24.0 Å². The number of para-hydroxylation sites is 1. The third-order valence-electron chi connectivity index (χ3n) is 3.86. The summed E-state index contributed by atoms with van der Waals surface area (Å²) in [4.78, 5) is 33.9. The number of nitrogens with zero attached hydrogens (tertiary/aromatic N) is 3. The summed E-state index contributed by atoms with van der Waals surface area (Å²) in [5.41, 5.74) is 0.270. The first-order valence-electron chi connectivity index (χ1n) is 8.49. The first kappa shape index (κ1) is 21.9. The molecule has 3 rings (SSSR count). The van der Waals surface area contributed by atoms with Gasteiger partial charge in [-0.2, -0.15) is 10.1 Å². The second-order valence-electron chi connectivity index (χ2n) is 5.96. The molecule has 1 fully saturated rings. The maximum Gasteiger partial charge on any atom is 0.341 e. The Hall–Kier alpha value is -3.77. The number of nitro benzene ring substituents is 1. The van der Waals surface area contributed by atoms with Gasteiger partial charge in [0, 0.05) is 23.3 Å². The van der Waals surface area contributed by atoms with Gasteiger partial charge in [0.25, 0.3) is 11.6 Å². The Kier molecular flexibility index (Phi) is 6.62. The smallest absolute Gasteiger partial charge is 0.341 e. The van der Waals surface area contributed by atoms with Crippen LogP contribution in [0.3, 0.4) is 0 Å². The number of carbonyl (C=O) groups is 2. The Morgan fingerprint density at radius 3 is 2.74 bits per heavy atom. The molecule has 31 heavy (non-hydrogen) atoms. The van der Waals surface area contributed by atoms with Gasteiger partial charge in [-0.05, 0) is 30.4 Å². The van der Waals surface area contributed by atoms with Crippen LogP contribution < -0.4 is 4.74 Å². The SMILES string of the molecule is O=C(O)COc1ccccc1C=C1SC(=S)N(N=Cc2cc([N+](=O)[O-])ccc2O)C1=O. The van der Waals surface area contributed by atoms with Gasteiger partial charge >= 0.3 is 5.97 Å². The van der Waals surface area contributed by atoms with E-state index in [9.17, 15) is 24.8 Å². The molecule has 0 aromatic heterocycles. The quantitative estimate of drug-likeness (QED) is 0.210. The number of aliphatic carboxylic acids is 1. The number of thiocarbonyl (C=S) groups is 1. The van der Waals surface area contributed by atoms with Crippen molar-refractivity contribution in [3.8, 4) is 11.5 Å². The zero-order chi connectivity index (χ0) is 22.5. The molecule has 0 bridgehead atoms. The molecule has 0 atom stereocenters. The molecule has 1 aliphatic rings. The Balaban J connectivity index is 1.84. The Labute approximate surface area is 184 Å². The number of benzene rings is 2. The van der Waals surface area contributed by atoms with Gasteiger partial charge in [0.05, 0.1) is 16.0 Å². The van der Waals surface area contributed by atoms with Crippen LogP contribution in [0.4, 0.5) is 5.69 Å². The number of amides is 1. The molecule has 2 aromatic carbocycles. The number of carboxylic acids is 1. The number of hydrogen-bond donors (Lipinski definition) is 2. The average Bonchev–Trinajstić information content (AvgIpc) is 2.99. The number of rotatable bonds is 7. The minimum absolute atomic E-state index is 0.0413. The van der Waals surface area contributed by atoms with Gasteiger partial charge < -0.3 is 14.9 Å². The van der Waals surface area contributed by atoms with E-state index in [1.54, 1.807) is 24.3 Å². The monoisotopic (exact) mass is 459 g/mol. The topological polar surface area (TPSA) is 143 Å². The molecule has 10 nitrogen and oxygen atoms in total. The van der Waals surface area contributed by atoms with Crippen LogP contribution in [-0.2, 0) is 9.59 Å². The largest absolute Gasteiger partial charge is 0.507 e. The second-order valence-corrected chi connectivity index (χ2v) is 7.63. The van der Waals surface area contributed by atoms with Gasteiger partial charge in [-0.25, -0.2) is 4.79 Å². The van der Waals surface area contributed by atoms with E-state index in [0.717, 1.165) is 41.2 Å². The van der Waals surface area contributed by atoms with Crippen LogP contribution in [-0.4, -0.2) is 49.2 Å². The summed E-state index contributed by atoms with van der Waals surface area (Å²) in [5.74, 6) is -1.66. The highest BCUT2D eigenvalue weighted by Crippen LogP contribution is 2.34. The number of carbonyl (C=O) groups excluding carboxylic acids is 1. The molecular weight excluding hydrogens is 446 g/mol. The summed E-state index contributed by atoms with van der Waals surface area (Å²) in [6, 6.07) is 9.98. The number of thioether (sulfide) groups is 1.